The number of aromatic nitrogens is 2. The predicted molar refractivity (Wildman–Crippen MR) is 75.2 cm³/mol. The number of hydrogen-bond donors (Lipinski definition) is 2. The molecule has 0 aliphatic carbocycles. The van der Waals surface area contributed by atoms with Crippen molar-refractivity contribution >= 4 is 21.8 Å². The van der Waals surface area contributed by atoms with E-state index in [0.29, 0.717) is 13.1 Å². The number of hydrogen-bond acceptors (Lipinski definition) is 4. The molecule has 0 spiro atoms. The molecule has 3 aromatic rings. The van der Waals surface area contributed by atoms with Crippen molar-refractivity contribution in [2.24, 2.45) is 11.5 Å². The molecule has 0 atom stereocenters. The monoisotopic (exact) mass is 506 g/mol. The summed E-state index contributed by atoms with van der Waals surface area (Å²) < 4.78 is 0. The summed E-state index contributed by atoms with van der Waals surface area (Å²) in [4.78, 5) is 8.69. The first kappa shape index (κ1) is 35.3. The molecule has 0 saturated heterocycles. The van der Waals surface area contributed by atoms with Crippen molar-refractivity contribution in [1.29, 1.82) is 0 Å². The number of rotatable bonds is 1. The van der Waals surface area contributed by atoms with Crippen LogP contribution in [-0.4, -0.2) is 23.1 Å². The first-order valence-corrected chi connectivity index (χ1v) is 5.85. The molecule has 2 radical (unpaired) electrons. The Hall–Kier alpha value is 0.159. The Morgan fingerprint density at radius 2 is 0.958 bits per heavy atom. The van der Waals surface area contributed by atoms with Crippen LogP contribution in [0.3, 0.4) is 0 Å². The summed E-state index contributed by atoms with van der Waals surface area (Å²) in [5.74, 6) is 0. The summed E-state index contributed by atoms with van der Waals surface area (Å²) in [6.07, 6.45) is 3.60. The fourth-order valence-electron chi connectivity index (χ4n) is 1.68. The molecule has 0 aliphatic heterocycles. The summed E-state index contributed by atoms with van der Waals surface area (Å²) >= 11 is 0. The second-order valence-corrected chi connectivity index (χ2v) is 3.79. The van der Waals surface area contributed by atoms with Crippen LogP contribution in [-0.2, 0) is 34.1 Å². The SMILES string of the molecule is NCCN.[Cl-].[Cl-].[Cl-].[Cl-].[Cu+2].[Cu+2].c1cnc2c(c1)ccc1cccnc12. The van der Waals surface area contributed by atoms with Crippen molar-refractivity contribution in [2.45, 2.75) is 0 Å². The third-order valence-corrected chi connectivity index (χ3v) is 2.51. The van der Waals surface area contributed by atoms with Crippen molar-refractivity contribution < 1.29 is 83.8 Å². The van der Waals surface area contributed by atoms with Crippen LogP contribution in [0.5, 0.6) is 0 Å². The quantitative estimate of drug-likeness (QED) is 0.253. The van der Waals surface area contributed by atoms with Crippen LogP contribution in [0.25, 0.3) is 21.8 Å². The van der Waals surface area contributed by atoms with E-state index in [0.717, 1.165) is 21.8 Å². The van der Waals surface area contributed by atoms with Gasteiger partial charge < -0.3 is 61.1 Å². The Morgan fingerprint density at radius 3 is 1.25 bits per heavy atom. The van der Waals surface area contributed by atoms with E-state index in [1.807, 2.05) is 12.1 Å². The van der Waals surface area contributed by atoms with E-state index in [1.54, 1.807) is 12.4 Å². The van der Waals surface area contributed by atoms with Crippen molar-refractivity contribution in [3.8, 4) is 0 Å². The molecule has 0 unspecified atom stereocenters. The fourth-order valence-corrected chi connectivity index (χ4v) is 1.68. The number of fused-ring (bicyclic) bond motifs is 3. The predicted octanol–water partition coefficient (Wildman–Crippen LogP) is -10.3. The van der Waals surface area contributed by atoms with Crippen molar-refractivity contribution in [3.05, 3.63) is 48.8 Å². The number of nitrogens with zero attached hydrogens (tertiary/aromatic N) is 2. The minimum absolute atomic E-state index is 0. The van der Waals surface area contributed by atoms with Gasteiger partial charge in [-0.1, -0.05) is 24.3 Å². The van der Waals surface area contributed by atoms with Gasteiger partial charge in [-0.2, -0.15) is 0 Å². The number of benzene rings is 1. The van der Waals surface area contributed by atoms with Gasteiger partial charge in [-0.15, -0.1) is 0 Å². The summed E-state index contributed by atoms with van der Waals surface area (Å²) in [6, 6.07) is 12.1. The summed E-state index contributed by atoms with van der Waals surface area (Å²) in [5, 5.41) is 2.28. The first-order valence-electron chi connectivity index (χ1n) is 5.85. The van der Waals surface area contributed by atoms with Crippen LogP contribution in [0.15, 0.2) is 48.8 Å². The van der Waals surface area contributed by atoms with Gasteiger partial charge in [-0.25, -0.2) is 0 Å². The van der Waals surface area contributed by atoms with E-state index in [1.165, 1.54) is 0 Å². The zero-order chi connectivity index (χ0) is 12.8. The van der Waals surface area contributed by atoms with Gasteiger partial charge in [0.05, 0.1) is 11.0 Å². The maximum Gasteiger partial charge on any atom is 2.00 e. The zero-order valence-electron chi connectivity index (χ0n) is 12.2. The van der Waals surface area contributed by atoms with Crippen LogP contribution in [0.4, 0.5) is 0 Å². The largest absolute Gasteiger partial charge is 2.00 e. The van der Waals surface area contributed by atoms with E-state index in [-0.39, 0.29) is 83.8 Å². The number of halogens is 4. The third kappa shape index (κ3) is 9.59. The van der Waals surface area contributed by atoms with Crippen LogP contribution < -0.4 is 61.1 Å². The van der Waals surface area contributed by atoms with E-state index in [2.05, 4.69) is 34.2 Å². The second-order valence-electron chi connectivity index (χ2n) is 3.79. The smallest absolute Gasteiger partial charge is 1.00 e. The van der Waals surface area contributed by atoms with Gasteiger partial charge in [0.2, 0.25) is 0 Å². The zero-order valence-corrected chi connectivity index (χ0v) is 17.1. The molecule has 4 nitrogen and oxygen atoms in total. The van der Waals surface area contributed by atoms with Crippen molar-refractivity contribution in [3.63, 3.8) is 0 Å². The molecule has 4 N–H and O–H groups in total. The molecule has 0 fully saturated rings. The Bertz CT molecular complexity index is 605. The molecule has 142 valence electrons. The molecule has 24 heavy (non-hydrogen) atoms. The second kappa shape index (κ2) is 19.5. The summed E-state index contributed by atoms with van der Waals surface area (Å²) in [5.41, 5.74) is 11.8. The van der Waals surface area contributed by atoms with Crippen molar-refractivity contribution in [1.82, 2.24) is 9.97 Å². The Kier molecular flexibility index (Phi) is 28.7. The first-order chi connectivity index (χ1) is 8.86. The third-order valence-electron chi connectivity index (χ3n) is 2.51. The molecule has 1 aromatic carbocycles. The van der Waals surface area contributed by atoms with Crippen LogP contribution >= 0.6 is 0 Å². The molecule has 2 aromatic heterocycles. The van der Waals surface area contributed by atoms with E-state index in [4.69, 9.17) is 11.5 Å². The molecule has 0 saturated carbocycles. The topological polar surface area (TPSA) is 77.8 Å². The van der Waals surface area contributed by atoms with Gasteiger partial charge in [0.25, 0.3) is 0 Å². The molecular weight excluding hydrogens is 493 g/mol. The average Bonchev–Trinajstić information content (AvgIpc) is 2.47. The van der Waals surface area contributed by atoms with Crippen molar-refractivity contribution in [2.75, 3.05) is 13.1 Å². The molecule has 3 rings (SSSR count). The maximum absolute atomic E-state index is 4.90. The fraction of sp³-hybridized carbons (Fsp3) is 0.143. The minimum Gasteiger partial charge on any atom is -1.00 e. The number of nitrogens with two attached hydrogens (primary N) is 2. The Balaban J connectivity index is -0.000000111. The van der Waals surface area contributed by atoms with E-state index < -0.39 is 0 Å². The van der Waals surface area contributed by atoms with Crippen LogP contribution in [0, 0.1) is 0 Å². The van der Waals surface area contributed by atoms with Gasteiger partial charge in [0, 0.05) is 36.3 Å². The van der Waals surface area contributed by atoms with E-state index >= 15 is 0 Å². The average molecular weight is 509 g/mol. The van der Waals surface area contributed by atoms with Gasteiger partial charge in [-0.05, 0) is 12.1 Å². The number of pyridine rings is 2. The Labute approximate surface area is 187 Å². The molecule has 0 aliphatic rings. The molecule has 10 heteroatoms. The van der Waals surface area contributed by atoms with E-state index in [9.17, 15) is 0 Å². The molecular formula is C14H16Cl4Cu2N4. The summed E-state index contributed by atoms with van der Waals surface area (Å²) in [6.45, 7) is 1.19. The summed E-state index contributed by atoms with van der Waals surface area (Å²) in [7, 11) is 0. The maximum atomic E-state index is 4.90. The normalized spacial score (nSPS) is 7.58. The van der Waals surface area contributed by atoms with Crippen LogP contribution in [0.1, 0.15) is 0 Å². The molecule has 0 amide bonds. The molecule has 0 bridgehead atoms. The van der Waals surface area contributed by atoms with Gasteiger partial charge in [-0.3, -0.25) is 9.97 Å². The Morgan fingerprint density at radius 1 is 0.625 bits per heavy atom. The minimum atomic E-state index is 0. The standard InChI is InChI=1S/C12H8N2.C2H8N2.4ClH.2Cu/c1-3-9-5-6-10-4-2-8-14-12(10)11(9)13-7-1;3-1-2-4;;;;;;/h1-8H;1-4H2;4*1H;;/q;;;;;;2*+2/p-4. The molecule has 2 heterocycles. The van der Waals surface area contributed by atoms with Crippen LogP contribution in [0.2, 0.25) is 0 Å². The van der Waals surface area contributed by atoms with Gasteiger partial charge in [0.1, 0.15) is 0 Å². The van der Waals surface area contributed by atoms with Gasteiger partial charge in [0.15, 0.2) is 0 Å². The van der Waals surface area contributed by atoms with Gasteiger partial charge >= 0.3 is 34.1 Å².